The van der Waals surface area contributed by atoms with Crippen molar-refractivity contribution >= 4 is 68.6 Å². The molecule has 5 rings (SSSR count). The van der Waals surface area contributed by atoms with Gasteiger partial charge in [-0.25, -0.2) is 9.78 Å². The first-order valence-corrected chi connectivity index (χ1v) is 12.3. The molecule has 0 saturated carbocycles. The Morgan fingerprint density at radius 2 is 1.84 bits per heavy atom. The van der Waals surface area contributed by atoms with Gasteiger partial charge in [0, 0.05) is 34.2 Å². The Kier molecular flexibility index (Phi) is 6.91. The summed E-state index contributed by atoms with van der Waals surface area (Å²) in [6, 6.07) is 14.3. The number of amides is 1. The monoisotopic (exact) mass is 563 g/mol. The molecule has 38 heavy (non-hydrogen) atoms. The highest BCUT2D eigenvalue weighted by atomic mass is 35.5. The average Bonchev–Trinajstić information content (AvgIpc) is 3.37. The lowest BCUT2D eigenvalue weighted by molar-refractivity contribution is -0.139. The number of aliphatic carboxylic acids is 1. The fourth-order valence-corrected chi connectivity index (χ4v) is 5.25. The third-order valence-electron chi connectivity index (χ3n) is 6.11. The average molecular weight is 565 g/mol. The summed E-state index contributed by atoms with van der Waals surface area (Å²) >= 11 is 19.1. The molecule has 188 valence electrons. The Morgan fingerprint density at radius 3 is 2.58 bits per heavy atom. The maximum absolute atomic E-state index is 13.1. The number of aromatic nitrogens is 3. The smallest absolute Gasteiger partial charge is 0.326 e. The zero-order chi connectivity index (χ0) is 27.0. The number of nitriles is 1. The van der Waals surface area contributed by atoms with Crippen molar-refractivity contribution in [3.63, 3.8) is 0 Å². The number of carbonyl (C=O) groups excluding carboxylic acids is 1. The Hall–Kier alpha value is -4.16. The molecule has 2 aromatic heterocycles. The van der Waals surface area contributed by atoms with Crippen LogP contribution in [0, 0.1) is 11.3 Å². The summed E-state index contributed by atoms with van der Waals surface area (Å²) in [7, 11) is 0. The van der Waals surface area contributed by atoms with Gasteiger partial charge in [0.2, 0.25) is 0 Å². The molecule has 0 fully saturated rings. The molecule has 0 bridgehead atoms. The minimum Gasteiger partial charge on any atom is -0.480 e. The predicted molar refractivity (Wildman–Crippen MR) is 146 cm³/mol. The number of hydrogen-bond donors (Lipinski definition) is 3. The number of carboxylic acid groups (broad SMARTS) is 1. The topological polar surface area (TPSA) is 132 Å². The number of carboxylic acids is 1. The molecule has 0 saturated heterocycles. The van der Waals surface area contributed by atoms with Crippen molar-refractivity contribution in [2.75, 3.05) is 0 Å². The van der Waals surface area contributed by atoms with Gasteiger partial charge in [0.25, 0.3) is 5.91 Å². The van der Waals surface area contributed by atoms with E-state index < -0.39 is 17.9 Å². The van der Waals surface area contributed by atoms with Crippen LogP contribution in [-0.4, -0.2) is 38.0 Å². The van der Waals surface area contributed by atoms with Crippen LogP contribution in [0.1, 0.15) is 21.5 Å². The van der Waals surface area contributed by atoms with Gasteiger partial charge in [-0.05, 0) is 29.8 Å². The number of H-pyrrole nitrogens is 1. The van der Waals surface area contributed by atoms with E-state index in [0.29, 0.717) is 43.6 Å². The van der Waals surface area contributed by atoms with Crippen LogP contribution in [0.5, 0.6) is 0 Å². The van der Waals surface area contributed by atoms with Crippen LogP contribution in [0.25, 0.3) is 33.1 Å². The SMILES string of the molecule is N#Cc1ccc(-c2ccc(C[C@H](NC(=O)c3c(Cl)cc4nc[nH]c4c3Cl)C(=O)O)c3cccnc23)c(Cl)c1. The van der Waals surface area contributed by atoms with Gasteiger partial charge < -0.3 is 15.4 Å². The summed E-state index contributed by atoms with van der Waals surface area (Å²) in [6.07, 6.45) is 3.01. The number of halogens is 3. The van der Waals surface area contributed by atoms with Crippen LogP contribution >= 0.6 is 34.8 Å². The molecule has 2 heterocycles. The minimum atomic E-state index is -1.29. The van der Waals surface area contributed by atoms with Crippen LogP contribution in [-0.2, 0) is 11.2 Å². The summed E-state index contributed by atoms with van der Waals surface area (Å²) in [5.74, 6) is -1.96. The molecule has 0 aliphatic rings. The van der Waals surface area contributed by atoms with E-state index in [1.54, 1.807) is 42.6 Å². The number of rotatable bonds is 6. The quantitative estimate of drug-likeness (QED) is 0.230. The molecule has 0 aliphatic heterocycles. The van der Waals surface area contributed by atoms with Crippen molar-refractivity contribution in [2.45, 2.75) is 12.5 Å². The van der Waals surface area contributed by atoms with E-state index in [2.05, 4.69) is 26.3 Å². The van der Waals surface area contributed by atoms with Gasteiger partial charge in [0.05, 0.1) is 50.1 Å². The van der Waals surface area contributed by atoms with Gasteiger partial charge in [0.1, 0.15) is 6.04 Å². The van der Waals surface area contributed by atoms with Gasteiger partial charge in [0.15, 0.2) is 0 Å². The van der Waals surface area contributed by atoms with E-state index in [1.807, 2.05) is 6.07 Å². The lowest BCUT2D eigenvalue weighted by Gasteiger charge is -2.18. The molecule has 0 spiro atoms. The standard InChI is InChI=1S/C27H16Cl3N5O3/c28-18-8-13(11-31)3-5-16(18)17-6-4-14(15-2-1-7-32-24(15)17)9-21(27(37)38)35-26(36)22-19(29)10-20-25(23(22)30)34-12-33-20/h1-8,10,12,21H,9H2,(H,33,34)(H,35,36)(H,37,38)/t21-/m0/s1. The number of fused-ring (bicyclic) bond motifs is 2. The number of aromatic amines is 1. The van der Waals surface area contributed by atoms with Crippen LogP contribution in [0.2, 0.25) is 15.1 Å². The molecule has 1 atom stereocenters. The fourth-order valence-electron chi connectivity index (χ4n) is 4.30. The van der Waals surface area contributed by atoms with E-state index in [-0.39, 0.29) is 22.0 Å². The van der Waals surface area contributed by atoms with E-state index in [9.17, 15) is 14.7 Å². The zero-order valence-corrected chi connectivity index (χ0v) is 21.6. The van der Waals surface area contributed by atoms with Gasteiger partial charge in [-0.15, -0.1) is 0 Å². The Balaban J connectivity index is 1.50. The number of imidazole rings is 1. The second kappa shape index (κ2) is 10.3. The predicted octanol–water partition coefficient (Wildman–Crippen LogP) is 6.04. The maximum atomic E-state index is 13.1. The van der Waals surface area contributed by atoms with Crippen molar-refractivity contribution in [1.29, 1.82) is 5.26 Å². The molecule has 1 amide bonds. The van der Waals surface area contributed by atoms with Crippen LogP contribution in [0.15, 0.2) is 61.1 Å². The van der Waals surface area contributed by atoms with Gasteiger partial charge in [-0.2, -0.15) is 5.26 Å². The lowest BCUT2D eigenvalue weighted by Crippen LogP contribution is -2.42. The molecule has 0 unspecified atom stereocenters. The molecular weight excluding hydrogens is 549 g/mol. The van der Waals surface area contributed by atoms with E-state index in [4.69, 9.17) is 40.1 Å². The number of nitrogens with zero attached hydrogens (tertiary/aromatic N) is 3. The van der Waals surface area contributed by atoms with Crippen LogP contribution in [0.3, 0.4) is 0 Å². The van der Waals surface area contributed by atoms with Gasteiger partial charge in [-0.3, -0.25) is 9.78 Å². The van der Waals surface area contributed by atoms with Crippen molar-refractivity contribution in [1.82, 2.24) is 20.3 Å². The Morgan fingerprint density at radius 1 is 1.05 bits per heavy atom. The second-order valence-corrected chi connectivity index (χ2v) is 9.58. The molecule has 8 nitrogen and oxygen atoms in total. The summed E-state index contributed by atoms with van der Waals surface area (Å²) in [5.41, 5.74) is 3.94. The Labute approximate surface area is 230 Å². The molecule has 3 aromatic carbocycles. The van der Waals surface area contributed by atoms with Crippen molar-refractivity contribution in [3.8, 4) is 17.2 Å². The summed E-state index contributed by atoms with van der Waals surface area (Å²) in [4.78, 5) is 36.7. The molecule has 0 radical (unpaired) electrons. The first-order valence-electron chi connectivity index (χ1n) is 11.2. The van der Waals surface area contributed by atoms with E-state index in [1.165, 1.54) is 12.4 Å². The van der Waals surface area contributed by atoms with Gasteiger partial charge >= 0.3 is 5.97 Å². The molecule has 5 aromatic rings. The lowest BCUT2D eigenvalue weighted by atomic mass is 9.94. The highest BCUT2D eigenvalue weighted by Crippen LogP contribution is 2.35. The third kappa shape index (κ3) is 4.63. The van der Waals surface area contributed by atoms with E-state index >= 15 is 0 Å². The maximum Gasteiger partial charge on any atom is 0.326 e. The van der Waals surface area contributed by atoms with Crippen molar-refractivity contribution in [3.05, 3.63) is 92.8 Å². The first kappa shape index (κ1) is 25.5. The van der Waals surface area contributed by atoms with Gasteiger partial charge in [-0.1, -0.05) is 59.1 Å². The fraction of sp³-hybridized carbons (Fsp3) is 0.0741. The second-order valence-electron chi connectivity index (χ2n) is 8.39. The highest BCUT2D eigenvalue weighted by molar-refractivity contribution is 6.43. The number of hydrogen-bond acceptors (Lipinski definition) is 5. The normalized spacial score (nSPS) is 11.8. The highest BCUT2D eigenvalue weighted by Gasteiger charge is 2.26. The largest absolute Gasteiger partial charge is 0.480 e. The molecular formula is C27H16Cl3N5O3. The summed E-state index contributed by atoms with van der Waals surface area (Å²) in [5, 5.41) is 22.8. The zero-order valence-electron chi connectivity index (χ0n) is 19.3. The molecule has 11 heteroatoms. The van der Waals surface area contributed by atoms with E-state index in [0.717, 1.165) is 5.56 Å². The molecule has 0 aliphatic carbocycles. The summed E-state index contributed by atoms with van der Waals surface area (Å²) in [6.45, 7) is 0. The summed E-state index contributed by atoms with van der Waals surface area (Å²) < 4.78 is 0. The van der Waals surface area contributed by atoms with Crippen LogP contribution in [0.4, 0.5) is 0 Å². The Bertz CT molecular complexity index is 1790. The van der Waals surface area contributed by atoms with Crippen molar-refractivity contribution in [2.24, 2.45) is 0 Å². The molecule has 3 N–H and O–H groups in total. The third-order valence-corrected chi connectivity index (χ3v) is 7.10. The minimum absolute atomic E-state index is 0.0355. The number of nitrogens with one attached hydrogen (secondary N) is 2. The van der Waals surface area contributed by atoms with Crippen molar-refractivity contribution < 1.29 is 14.7 Å². The number of pyridine rings is 1. The van der Waals surface area contributed by atoms with Crippen LogP contribution < -0.4 is 5.32 Å². The number of benzene rings is 3. The first-order chi connectivity index (χ1) is 18.3. The number of carbonyl (C=O) groups is 2.